The number of aliphatic hydroxyl groups is 8. The molecule has 59 heavy (non-hydrogen) atoms. The van der Waals surface area contributed by atoms with Crippen LogP contribution in [0, 0.1) is 0 Å². The number of rotatable bonds is 34. The van der Waals surface area contributed by atoms with Crippen LogP contribution in [-0.4, -0.2) is 140 Å². The molecule has 0 spiro atoms. The van der Waals surface area contributed by atoms with Gasteiger partial charge >= 0.3 is 0 Å². The smallest absolute Gasteiger partial charge is 0.220 e. The molecule has 12 atom stereocenters. The van der Waals surface area contributed by atoms with Crippen molar-refractivity contribution < 1.29 is 64.6 Å². The van der Waals surface area contributed by atoms with Gasteiger partial charge in [0.2, 0.25) is 5.91 Å². The molecule has 0 aliphatic carbocycles. The largest absolute Gasteiger partial charge is 0.394 e. The Hall–Kier alpha value is -1.53. The molecule has 0 bridgehead atoms. The lowest BCUT2D eigenvalue weighted by Gasteiger charge is -2.46. The molecule has 9 N–H and O–H groups in total. The Kier molecular flexibility index (Phi) is 30.1. The number of allylic oxidation sites excluding steroid dienone is 3. The van der Waals surface area contributed by atoms with Gasteiger partial charge in [-0.05, 0) is 25.7 Å². The lowest BCUT2D eigenvalue weighted by Crippen LogP contribution is -2.65. The third-order valence-corrected chi connectivity index (χ3v) is 11.4. The van der Waals surface area contributed by atoms with Gasteiger partial charge in [0.15, 0.2) is 12.6 Å². The number of aliphatic hydroxyl groups excluding tert-OH is 8. The maximum atomic E-state index is 13.1. The van der Waals surface area contributed by atoms with E-state index in [0.717, 1.165) is 38.5 Å². The normalized spacial score (nSPS) is 28.7. The first-order valence-corrected chi connectivity index (χ1v) is 23.1. The minimum Gasteiger partial charge on any atom is -0.394 e. The summed E-state index contributed by atoms with van der Waals surface area (Å²) in [6.45, 7) is 2.64. The van der Waals surface area contributed by atoms with Crippen molar-refractivity contribution in [3.8, 4) is 0 Å². The summed E-state index contributed by atoms with van der Waals surface area (Å²) in [6, 6.07) is -0.923. The van der Waals surface area contributed by atoms with Gasteiger partial charge in [0, 0.05) is 6.42 Å². The minimum absolute atomic E-state index is 0.253. The molecule has 0 radical (unpaired) electrons. The van der Waals surface area contributed by atoms with Gasteiger partial charge in [0.1, 0.15) is 48.8 Å². The van der Waals surface area contributed by atoms with E-state index in [-0.39, 0.29) is 18.9 Å². The molecule has 2 rings (SSSR count). The Morgan fingerprint density at radius 1 is 0.593 bits per heavy atom. The zero-order valence-electron chi connectivity index (χ0n) is 36.2. The molecule has 2 fully saturated rings. The molecule has 2 heterocycles. The van der Waals surface area contributed by atoms with Crippen molar-refractivity contribution in [2.24, 2.45) is 0 Å². The number of unbranched alkanes of at least 4 members (excludes halogenated alkanes) is 19. The number of hydrogen-bond acceptors (Lipinski definition) is 13. The number of carbonyl (C=O) groups excluding carboxylic acids is 1. The summed E-state index contributed by atoms with van der Waals surface area (Å²) in [5.74, 6) is -0.253. The summed E-state index contributed by atoms with van der Waals surface area (Å²) in [4.78, 5) is 13.1. The Balaban J connectivity index is 1.81. The summed E-state index contributed by atoms with van der Waals surface area (Å²) in [7, 11) is 0. The molecule has 0 aromatic rings. The molecule has 0 aromatic heterocycles. The molecule has 2 aliphatic rings. The van der Waals surface area contributed by atoms with E-state index in [4.69, 9.17) is 18.9 Å². The standard InChI is InChI=1S/C45H83NO13/c1-3-5-7-9-11-12-13-14-15-16-17-18-19-20-21-23-25-27-29-37(50)46-33(34(49)28-26-24-22-10-8-6-4-2)32-56-44-42(55)40(53)43(36(31-48)58-44)59-45-41(54)39(52)38(51)35(30-47)57-45/h8,10,26,28,33-36,38-45,47-49,51-55H,3-7,9,11-25,27,29-32H2,1-2H3,(H,46,50)/b10-8+,28-26+. The number of nitrogens with one attached hydrogen (secondary N) is 1. The molecule has 2 aliphatic heterocycles. The zero-order valence-corrected chi connectivity index (χ0v) is 36.2. The van der Waals surface area contributed by atoms with Gasteiger partial charge in [-0.15, -0.1) is 0 Å². The van der Waals surface area contributed by atoms with E-state index in [1.54, 1.807) is 6.08 Å². The molecule has 0 saturated carbocycles. The highest BCUT2D eigenvalue weighted by atomic mass is 16.7. The van der Waals surface area contributed by atoms with Crippen LogP contribution in [0.4, 0.5) is 0 Å². The molecule has 1 amide bonds. The second-order valence-electron chi connectivity index (χ2n) is 16.5. The highest BCUT2D eigenvalue weighted by molar-refractivity contribution is 5.76. The predicted octanol–water partition coefficient (Wildman–Crippen LogP) is 4.60. The van der Waals surface area contributed by atoms with Crippen molar-refractivity contribution in [1.82, 2.24) is 5.32 Å². The van der Waals surface area contributed by atoms with Crippen LogP contribution in [0.1, 0.15) is 162 Å². The molecular formula is C45H83NO13. The number of carbonyl (C=O) groups is 1. The van der Waals surface area contributed by atoms with Crippen LogP contribution < -0.4 is 5.32 Å². The van der Waals surface area contributed by atoms with E-state index in [1.165, 1.54) is 89.9 Å². The van der Waals surface area contributed by atoms with Gasteiger partial charge in [-0.1, -0.05) is 154 Å². The van der Waals surface area contributed by atoms with Crippen LogP contribution in [0.25, 0.3) is 0 Å². The fourth-order valence-electron chi connectivity index (χ4n) is 7.55. The average molecular weight is 846 g/mol. The minimum atomic E-state index is -1.79. The van der Waals surface area contributed by atoms with Gasteiger partial charge < -0.3 is 65.1 Å². The summed E-state index contributed by atoms with van der Waals surface area (Å²) in [6.07, 6.45) is 17.0. The van der Waals surface area contributed by atoms with Crippen LogP contribution in [-0.2, 0) is 23.7 Å². The van der Waals surface area contributed by atoms with Crippen molar-refractivity contribution in [3.05, 3.63) is 24.3 Å². The quantitative estimate of drug-likeness (QED) is 0.0319. The van der Waals surface area contributed by atoms with Crippen LogP contribution in [0.2, 0.25) is 0 Å². The zero-order chi connectivity index (χ0) is 43.3. The van der Waals surface area contributed by atoms with E-state index in [2.05, 4.69) is 31.3 Å². The third-order valence-electron chi connectivity index (χ3n) is 11.4. The van der Waals surface area contributed by atoms with Gasteiger partial charge in [0.25, 0.3) is 0 Å². The Morgan fingerprint density at radius 2 is 1.08 bits per heavy atom. The van der Waals surface area contributed by atoms with E-state index in [9.17, 15) is 45.6 Å². The van der Waals surface area contributed by atoms with Crippen molar-refractivity contribution in [2.45, 2.75) is 235 Å². The second-order valence-corrected chi connectivity index (χ2v) is 16.5. The Morgan fingerprint density at radius 3 is 1.63 bits per heavy atom. The highest BCUT2D eigenvalue weighted by Crippen LogP contribution is 2.30. The number of hydrogen-bond donors (Lipinski definition) is 9. The SMILES string of the molecule is CCC/C=C/CC/C=C/C(O)C(COC1OC(CO)C(OC2OC(CO)C(O)C(O)C2O)C(O)C1O)NC(=O)CCCCCCCCCCCCCCCCCCCC. The summed E-state index contributed by atoms with van der Waals surface area (Å²) >= 11 is 0. The lowest BCUT2D eigenvalue weighted by atomic mass is 9.97. The number of ether oxygens (including phenoxy) is 4. The van der Waals surface area contributed by atoms with Crippen LogP contribution >= 0.6 is 0 Å². The maximum absolute atomic E-state index is 13.1. The Bertz CT molecular complexity index is 1090. The first-order valence-electron chi connectivity index (χ1n) is 23.1. The monoisotopic (exact) mass is 846 g/mol. The van der Waals surface area contributed by atoms with Crippen molar-refractivity contribution in [3.63, 3.8) is 0 Å². The number of amides is 1. The average Bonchev–Trinajstić information content (AvgIpc) is 3.23. The fourth-order valence-corrected chi connectivity index (χ4v) is 7.55. The topological polar surface area (TPSA) is 228 Å². The van der Waals surface area contributed by atoms with Gasteiger partial charge in [-0.25, -0.2) is 0 Å². The van der Waals surface area contributed by atoms with Crippen LogP contribution in [0.5, 0.6) is 0 Å². The van der Waals surface area contributed by atoms with Gasteiger partial charge in [-0.3, -0.25) is 4.79 Å². The predicted molar refractivity (Wildman–Crippen MR) is 226 cm³/mol. The van der Waals surface area contributed by atoms with Crippen molar-refractivity contribution in [1.29, 1.82) is 0 Å². The first kappa shape index (κ1) is 53.6. The molecule has 2 saturated heterocycles. The van der Waals surface area contributed by atoms with Gasteiger partial charge in [0.05, 0.1) is 32.0 Å². The molecule has 12 unspecified atom stereocenters. The molecule has 14 nitrogen and oxygen atoms in total. The Labute approximate surface area is 354 Å². The first-order chi connectivity index (χ1) is 28.6. The maximum Gasteiger partial charge on any atom is 0.220 e. The lowest BCUT2D eigenvalue weighted by molar-refractivity contribution is -0.359. The van der Waals surface area contributed by atoms with Crippen molar-refractivity contribution in [2.75, 3.05) is 19.8 Å². The molecular weight excluding hydrogens is 762 g/mol. The fraction of sp³-hybridized carbons (Fsp3) is 0.889. The third kappa shape index (κ3) is 21.4. The van der Waals surface area contributed by atoms with Crippen molar-refractivity contribution >= 4 is 5.91 Å². The molecule has 0 aromatic carbocycles. The molecule has 346 valence electrons. The van der Waals surface area contributed by atoms with E-state index < -0.39 is 86.8 Å². The summed E-state index contributed by atoms with van der Waals surface area (Å²) in [5.41, 5.74) is 0. The van der Waals surface area contributed by atoms with Crippen LogP contribution in [0.15, 0.2) is 24.3 Å². The van der Waals surface area contributed by atoms with E-state index in [1.807, 2.05) is 6.08 Å². The van der Waals surface area contributed by atoms with Crippen LogP contribution in [0.3, 0.4) is 0 Å². The summed E-state index contributed by atoms with van der Waals surface area (Å²) < 4.78 is 22.5. The van der Waals surface area contributed by atoms with Gasteiger partial charge in [-0.2, -0.15) is 0 Å². The molecule has 14 heteroatoms. The van der Waals surface area contributed by atoms with E-state index in [0.29, 0.717) is 12.8 Å². The summed E-state index contributed by atoms with van der Waals surface area (Å²) in [5, 5.41) is 86.2. The second kappa shape index (κ2) is 33.1. The van der Waals surface area contributed by atoms with E-state index >= 15 is 0 Å². The highest BCUT2D eigenvalue weighted by Gasteiger charge is 2.50.